The first-order chi connectivity index (χ1) is 27.3. The van der Waals surface area contributed by atoms with E-state index in [0.717, 1.165) is 61.2 Å². The lowest BCUT2D eigenvalue weighted by Crippen LogP contribution is -2.04. The molecule has 2 heterocycles. The number of fused-ring (bicyclic) bond motifs is 3. The van der Waals surface area contributed by atoms with Crippen molar-refractivity contribution in [2.45, 2.75) is 0 Å². The number of nitrogens with zero attached hydrogens (tertiary/aromatic N) is 4. The number of rotatable bonds is 7. The topological polar surface area (TPSA) is 43.6 Å². The second-order valence-electron chi connectivity index (χ2n) is 13.7. The van der Waals surface area contributed by atoms with E-state index >= 15 is 0 Å². The van der Waals surface area contributed by atoms with Crippen LogP contribution in [0.25, 0.3) is 95.0 Å². The van der Waals surface area contributed by atoms with Crippen LogP contribution in [-0.4, -0.2) is 19.5 Å². The Morgan fingerprint density at radius 2 is 0.727 bits per heavy atom. The fraction of sp³-hybridized carbons (Fsp3) is 0. The zero-order chi connectivity index (χ0) is 36.6. The minimum atomic E-state index is 0.605. The number of aromatic nitrogens is 4. The van der Waals surface area contributed by atoms with Crippen LogP contribution < -0.4 is 0 Å². The minimum Gasteiger partial charge on any atom is -0.308 e. The Hall–Kier alpha value is -7.43. The Kier molecular flexibility index (Phi) is 8.12. The number of benzene rings is 8. The van der Waals surface area contributed by atoms with Crippen molar-refractivity contribution < 1.29 is 0 Å². The third kappa shape index (κ3) is 6.06. The van der Waals surface area contributed by atoms with Crippen LogP contribution in [0.15, 0.2) is 206 Å². The first-order valence-corrected chi connectivity index (χ1v) is 18.5. The van der Waals surface area contributed by atoms with Crippen molar-refractivity contribution in [3.63, 3.8) is 0 Å². The van der Waals surface area contributed by atoms with Crippen molar-refractivity contribution in [2.75, 3.05) is 0 Å². The first-order valence-electron chi connectivity index (χ1n) is 18.5. The second kappa shape index (κ2) is 13.8. The SMILES string of the molecule is c1ccc(-c2cccc(-c3nc(-c4ccccc4)nc(-c4ccc(-c5ccccc5)cc4-n4c5ccccc5c5ccc(-c6ccccc6)cc54)n3)c2)cc1. The quantitative estimate of drug-likeness (QED) is 0.166. The van der Waals surface area contributed by atoms with E-state index in [1.165, 1.54) is 16.3 Å². The number of hydrogen-bond donors (Lipinski definition) is 0. The minimum absolute atomic E-state index is 0.605. The molecule has 10 aromatic rings. The molecule has 0 saturated carbocycles. The lowest BCUT2D eigenvalue weighted by Gasteiger charge is -2.17. The maximum absolute atomic E-state index is 5.30. The first kappa shape index (κ1) is 32.2. The fourth-order valence-corrected chi connectivity index (χ4v) is 7.57. The predicted molar refractivity (Wildman–Crippen MR) is 227 cm³/mol. The molecule has 0 fully saturated rings. The molecule has 10 rings (SSSR count). The molecule has 0 radical (unpaired) electrons. The van der Waals surface area contributed by atoms with Gasteiger partial charge in [-0.05, 0) is 63.7 Å². The maximum Gasteiger partial charge on any atom is 0.166 e. The van der Waals surface area contributed by atoms with E-state index in [1.54, 1.807) is 0 Å². The summed E-state index contributed by atoms with van der Waals surface area (Å²) in [5.41, 5.74) is 12.8. The summed E-state index contributed by atoms with van der Waals surface area (Å²) in [5.74, 6) is 1.85. The third-order valence-corrected chi connectivity index (χ3v) is 10.3. The Labute approximate surface area is 319 Å². The number of para-hydroxylation sites is 1. The summed E-state index contributed by atoms with van der Waals surface area (Å²) in [5, 5.41) is 2.37. The van der Waals surface area contributed by atoms with Gasteiger partial charge in [-0.15, -0.1) is 0 Å². The highest BCUT2D eigenvalue weighted by Crippen LogP contribution is 2.40. The molecule has 0 bridgehead atoms. The molecule has 8 aromatic carbocycles. The van der Waals surface area contributed by atoms with Gasteiger partial charge in [-0.1, -0.05) is 176 Å². The van der Waals surface area contributed by atoms with E-state index in [0.29, 0.717) is 17.5 Å². The van der Waals surface area contributed by atoms with E-state index in [9.17, 15) is 0 Å². The van der Waals surface area contributed by atoms with Crippen molar-refractivity contribution in [1.82, 2.24) is 19.5 Å². The molecule has 55 heavy (non-hydrogen) atoms. The van der Waals surface area contributed by atoms with Crippen LogP contribution in [0, 0.1) is 0 Å². The Balaban J connectivity index is 1.25. The van der Waals surface area contributed by atoms with E-state index < -0.39 is 0 Å². The van der Waals surface area contributed by atoms with Crippen LogP contribution in [0.1, 0.15) is 0 Å². The molecule has 4 nitrogen and oxygen atoms in total. The average Bonchev–Trinajstić information content (AvgIpc) is 3.61. The highest BCUT2D eigenvalue weighted by atomic mass is 15.1. The average molecular weight is 703 g/mol. The van der Waals surface area contributed by atoms with Gasteiger partial charge >= 0.3 is 0 Å². The molecule has 0 saturated heterocycles. The summed E-state index contributed by atoms with van der Waals surface area (Å²) < 4.78 is 2.39. The highest BCUT2D eigenvalue weighted by molar-refractivity contribution is 6.10. The molecule has 0 spiro atoms. The fourth-order valence-electron chi connectivity index (χ4n) is 7.57. The summed E-state index contributed by atoms with van der Waals surface area (Å²) in [7, 11) is 0. The van der Waals surface area contributed by atoms with Crippen molar-refractivity contribution >= 4 is 21.8 Å². The molecule has 0 aliphatic carbocycles. The molecule has 0 unspecified atom stereocenters. The van der Waals surface area contributed by atoms with E-state index in [4.69, 9.17) is 15.0 Å². The summed E-state index contributed by atoms with van der Waals surface area (Å²) in [6, 6.07) is 72.3. The van der Waals surface area contributed by atoms with E-state index in [-0.39, 0.29) is 0 Å². The second-order valence-corrected chi connectivity index (χ2v) is 13.7. The van der Waals surface area contributed by atoms with Gasteiger partial charge in [0.15, 0.2) is 17.5 Å². The summed E-state index contributed by atoms with van der Waals surface area (Å²) >= 11 is 0. The number of hydrogen-bond acceptors (Lipinski definition) is 3. The lowest BCUT2D eigenvalue weighted by molar-refractivity contribution is 1.06. The summed E-state index contributed by atoms with van der Waals surface area (Å²) in [4.78, 5) is 15.6. The molecule has 4 heteroatoms. The van der Waals surface area contributed by atoms with Crippen molar-refractivity contribution in [1.29, 1.82) is 0 Å². The lowest BCUT2D eigenvalue weighted by atomic mass is 10.0. The molecule has 0 atom stereocenters. The molecule has 0 N–H and O–H groups in total. The predicted octanol–water partition coefficient (Wildman–Crippen LogP) is 13.0. The third-order valence-electron chi connectivity index (χ3n) is 10.3. The zero-order valence-electron chi connectivity index (χ0n) is 29.9. The Bertz CT molecular complexity index is 2950. The molecule has 258 valence electrons. The van der Waals surface area contributed by atoms with Crippen LogP contribution in [0.2, 0.25) is 0 Å². The van der Waals surface area contributed by atoms with Gasteiger partial charge in [0.05, 0.1) is 16.7 Å². The summed E-state index contributed by atoms with van der Waals surface area (Å²) in [6.07, 6.45) is 0. The van der Waals surface area contributed by atoms with Gasteiger partial charge in [0.2, 0.25) is 0 Å². The van der Waals surface area contributed by atoms with Gasteiger partial charge in [-0.3, -0.25) is 0 Å². The van der Waals surface area contributed by atoms with Crippen LogP contribution in [0.3, 0.4) is 0 Å². The summed E-state index contributed by atoms with van der Waals surface area (Å²) in [6.45, 7) is 0. The van der Waals surface area contributed by atoms with Gasteiger partial charge in [0.1, 0.15) is 0 Å². The van der Waals surface area contributed by atoms with Gasteiger partial charge in [0, 0.05) is 27.5 Å². The Morgan fingerprint density at radius 3 is 1.38 bits per heavy atom. The highest BCUT2D eigenvalue weighted by Gasteiger charge is 2.21. The van der Waals surface area contributed by atoms with Crippen LogP contribution in [0.4, 0.5) is 0 Å². The maximum atomic E-state index is 5.30. The van der Waals surface area contributed by atoms with E-state index in [2.05, 4.69) is 187 Å². The van der Waals surface area contributed by atoms with Crippen molar-refractivity contribution in [3.05, 3.63) is 206 Å². The smallest absolute Gasteiger partial charge is 0.166 e. The van der Waals surface area contributed by atoms with Gasteiger partial charge in [-0.25, -0.2) is 15.0 Å². The monoisotopic (exact) mass is 702 g/mol. The molecular formula is C51H34N4. The molecule has 0 aliphatic heterocycles. The van der Waals surface area contributed by atoms with E-state index in [1.807, 2.05) is 24.3 Å². The van der Waals surface area contributed by atoms with Crippen LogP contribution in [-0.2, 0) is 0 Å². The standard InChI is InChI=1S/C51H34N4/c1-5-16-35(17-6-1)39-24-15-25-42(32-39)50-52-49(38-22-11-4-12-23-38)53-51(54-50)45-31-29-41(37-20-9-3-10-21-37)34-48(45)55-46-27-14-13-26-43(46)44-30-28-40(33-47(44)55)36-18-7-2-8-19-36/h1-34H. The largest absolute Gasteiger partial charge is 0.308 e. The van der Waals surface area contributed by atoms with Gasteiger partial charge in [-0.2, -0.15) is 0 Å². The molecular weight excluding hydrogens is 669 g/mol. The van der Waals surface area contributed by atoms with Gasteiger partial charge in [0.25, 0.3) is 0 Å². The molecule has 2 aromatic heterocycles. The van der Waals surface area contributed by atoms with Crippen molar-refractivity contribution in [2.24, 2.45) is 0 Å². The van der Waals surface area contributed by atoms with Crippen LogP contribution in [0.5, 0.6) is 0 Å². The van der Waals surface area contributed by atoms with Crippen LogP contribution >= 0.6 is 0 Å². The Morgan fingerprint density at radius 1 is 0.273 bits per heavy atom. The van der Waals surface area contributed by atoms with Gasteiger partial charge < -0.3 is 4.57 Å². The van der Waals surface area contributed by atoms with Crippen molar-refractivity contribution in [3.8, 4) is 73.2 Å². The molecule has 0 amide bonds. The normalized spacial score (nSPS) is 11.3. The molecule has 0 aliphatic rings. The zero-order valence-corrected chi connectivity index (χ0v) is 29.9.